The molecule has 34 heavy (non-hydrogen) atoms. The van der Waals surface area contributed by atoms with Crippen LogP contribution >= 0.6 is 0 Å². The molecule has 3 atom stereocenters. The molecule has 0 saturated carbocycles. The Labute approximate surface area is 202 Å². The van der Waals surface area contributed by atoms with Crippen molar-refractivity contribution in [3.63, 3.8) is 0 Å². The Morgan fingerprint density at radius 3 is 2.21 bits per heavy atom. The molecule has 3 aromatic carbocycles. The Balaban J connectivity index is 1.52. The predicted molar refractivity (Wildman–Crippen MR) is 137 cm³/mol. The Hall–Kier alpha value is -3.60. The second kappa shape index (κ2) is 11.0. The van der Waals surface area contributed by atoms with Gasteiger partial charge in [0.25, 0.3) is 0 Å². The lowest BCUT2D eigenvalue weighted by Crippen LogP contribution is -2.50. The lowest BCUT2D eigenvalue weighted by atomic mass is 9.83. The summed E-state index contributed by atoms with van der Waals surface area (Å²) in [6, 6.07) is 27.7. The van der Waals surface area contributed by atoms with Crippen LogP contribution in [0.5, 0.6) is 0 Å². The van der Waals surface area contributed by atoms with E-state index in [1.165, 1.54) is 11.1 Å². The molecule has 3 amide bonds. The molecule has 1 fully saturated rings. The number of piperidine rings is 1. The van der Waals surface area contributed by atoms with E-state index < -0.39 is 0 Å². The fourth-order valence-electron chi connectivity index (χ4n) is 4.59. The van der Waals surface area contributed by atoms with Crippen LogP contribution in [0.3, 0.4) is 0 Å². The monoisotopic (exact) mass is 455 g/mol. The second-order valence-electron chi connectivity index (χ2n) is 9.07. The minimum absolute atomic E-state index is 0.0463. The van der Waals surface area contributed by atoms with Gasteiger partial charge in [0.2, 0.25) is 5.91 Å². The number of hydrogen-bond donors (Lipinski definition) is 2. The van der Waals surface area contributed by atoms with Gasteiger partial charge in [0.15, 0.2) is 0 Å². The molecule has 4 rings (SSSR count). The number of anilines is 1. The number of amides is 3. The molecular formula is C29H33N3O2. The highest BCUT2D eigenvalue weighted by molar-refractivity contribution is 5.93. The fourth-order valence-corrected chi connectivity index (χ4v) is 4.59. The van der Waals surface area contributed by atoms with Crippen molar-refractivity contribution in [2.75, 3.05) is 18.4 Å². The molecule has 1 aliphatic rings. The van der Waals surface area contributed by atoms with Crippen molar-refractivity contribution < 1.29 is 9.59 Å². The third kappa shape index (κ3) is 5.84. The minimum atomic E-state index is -0.289. The first-order valence-electron chi connectivity index (χ1n) is 12.1. The molecule has 1 saturated heterocycles. The zero-order chi connectivity index (χ0) is 23.9. The lowest BCUT2D eigenvalue weighted by Gasteiger charge is -2.38. The molecule has 3 unspecified atom stereocenters. The topological polar surface area (TPSA) is 61.4 Å². The van der Waals surface area contributed by atoms with E-state index in [1.807, 2.05) is 67.6 Å². The van der Waals surface area contributed by atoms with Crippen molar-refractivity contribution in [2.24, 2.45) is 5.92 Å². The van der Waals surface area contributed by atoms with Crippen LogP contribution in [0.25, 0.3) is 0 Å². The first-order chi connectivity index (χ1) is 16.5. The highest BCUT2D eigenvalue weighted by Gasteiger charge is 2.35. The van der Waals surface area contributed by atoms with Crippen molar-refractivity contribution in [1.29, 1.82) is 0 Å². The molecule has 0 spiro atoms. The van der Waals surface area contributed by atoms with Crippen molar-refractivity contribution in [3.05, 3.63) is 102 Å². The molecule has 2 N–H and O–H groups in total. The van der Waals surface area contributed by atoms with Crippen LogP contribution in [-0.4, -0.2) is 29.9 Å². The smallest absolute Gasteiger partial charge is 0.317 e. The predicted octanol–water partition coefficient (Wildman–Crippen LogP) is 5.76. The van der Waals surface area contributed by atoms with Gasteiger partial charge in [-0.25, -0.2) is 4.79 Å². The Morgan fingerprint density at radius 2 is 1.56 bits per heavy atom. The van der Waals surface area contributed by atoms with E-state index >= 15 is 0 Å². The van der Waals surface area contributed by atoms with E-state index in [1.54, 1.807) is 4.90 Å². The lowest BCUT2D eigenvalue weighted by molar-refractivity contribution is -0.121. The summed E-state index contributed by atoms with van der Waals surface area (Å²) in [5.41, 5.74) is 4.28. The SMILES string of the molecule is CCc1ccc(C2CC(C(=O)Nc3ccccc3)CN(C(=O)NC(C)c3ccccc3)C2)cc1. The number of rotatable bonds is 6. The zero-order valence-corrected chi connectivity index (χ0v) is 19.9. The van der Waals surface area contributed by atoms with E-state index in [2.05, 4.69) is 41.8 Å². The van der Waals surface area contributed by atoms with Gasteiger partial charge in [-0.1, -0.05) is 79.7 Å². The van der Waals surface area contributed by atoms with Gasteiger partial charge in [-0.15, -0.1) is 0 Å². The third-order valence-electron chi connectivity index (χ3n) is 6.65. The first kappa shape index (κ1) is 23.6. The zero-order valence-electron chi connectivity index (χ0n) is 19.9. The summed E-state index contributed by atoms with van der Waals surface area (Å²) >= 11 is 0. The molecule has 0 aliphatic carbocycles. The van der Waals surface area contributed by atoms with Crippen LogP contribution in [0.4, 0.5) is 10.5 Å². The van der Waals surface area contributed by atoms with Crippen LogP contribution in [0.1, 0.15) is 48.9 Å². The molecule has 3 aromatic rings. The number of nitrogens with one attached hydrogen (secondary N) is 2. The maximum atomic E-state index is 13.3. The summed E-state index contributed by atoms with van der Waals surface area (Å²) in [4.78, 5) is 28.3. The first-order valence-corrected chi connectivity index (χ1v) is 12.1. The van der Waals surface area contributed by atoms with Gasteiger partial charge >= 0.3 is 6.03 Å². The number of carbonyl (C=O) groups is 2. The fraction of sp³-hybridized carbons (Fsp3) is 0.310. The van der Waals surface area contributed by atoms with E-state index in [4.69, 9.17) is 0 Å². The number of benzene rings is 3. The van der Waals surface area contributed by atoms with Crippen molar-refractivity contribution in [1.82, 2.24) is 10.2 Å². The Morgan fingerprint density at radius 1 is 0.912 bits per heavy atom. The molecule has 0 radical (unpaired) electrons. The van der Waals surface area contributed by atoms with Gasteiger partial charge in [-0.3, -0.25) is 4.79 Å². The second-order valence-corrected chi connectivity index (χ2v) is 9.07. The number of carbonyl (C=O) groups excluding carboxylic acids is 2. The van der Waals surface area contributed by atoms with Crippen LogP contribution in [-0.2, 0) is 11.2 Å². The standard InChI is InChI=1S/C29H33N3O2/c1-3-22-14-16-24(17-15-22)25-18-26(28(33)31-27-12-8-5-9-13-27)20-32(19-25)29(34)30-21(2)23-10-6-4-7-11-23/h4-17,21,25-26H,3,18-20H2,1-2H3,(H,30,34)(H,31,33). The quantitative estimate of drug-likeness (QED) is 0.496. The molecule has 0 aromatic heterocycles. The molecule has 1 aliphatic heterocycles. The number of aryl methyl sites for hydroxylation is 1. The average molecular weight is 456 g/mol. The molecule has 0 bridgehead atoms. The van der Waals surface area contributed by atoms with E-state index in [0.29, 0.717) is 19.5 Å². The van der Waals surface area contributed by atoms with E-state index in [0.717, 1.165) is 17.7 Å². The largest absolute Gasteiger partial charge is 0.331 e. The van der Waals surface area contributed by atoms with Crippen molar-refractivity contribution in [2.45, 2.75) is 38.6 Å². The maximum absolute atomic E-state index is 13.3. The van der Waals surface area contributed by atoms with Gasteiger partial charge in [0, 0.05) is 24.7 Å². The third-order valence-corrected chi connectivity index (χ3v) is 6.65. The van der Waals surface area contributed by atoms with Gasteiger partial charge in [-0.2, -0.15) is 0 Å². The number of urea groups is 1. The highest BCUT2D eigenvalue weighted by atomic mass is 16.2. The number of nitrogens with zero attached hydrogens (tertiary/aromatic N) is 1. The summed E-state index contributed by atoms with van der Waals surface area (Å²) < 4.78 is 0. The van der Waals surface area contributed by atoms with E-state index in [9.17, 15) is 9.59 Å². The molecular weight excluding hydrogens is 422 g/mol. The Bertz CT molecular complexity index is 1080. The summed E-state index contributed by atoms with van der Waals surface area (Å²) in [7, 11) is 0. The number of likely N-dealkylation sites (tertiary alicyclic amines) is 1. The van der Waals surface area contributed by atoms with Crippen LogP contribution in [0, 0.1) is 5.92 Å². The summed E-state index contributed by atoms with van der Waals surface area (Å²) in [6.45, 7) is 5.11. The van der Waals surface area contributed by atoms with Crippen LogP contribution < -0.4 is 10.6 Å². The molecule has 5 nitrogen and oxygen atoms in total. The highest BCUT2D eigenvalue weighted by Crippen LogP contribution is 2.32. The van der Waals surface area contributed by atoms with Crippen LogP contribution in [0.2, 0.25) is 0 Å². The molecule has 1 heterocycles. The van der Waals surface area contributed by atoms with Gasteiger partial charge in [0.1, 0.15) is 0 Å². The van der Waals surface area contributed by atoms with Crippen molar-refractivity contribution >= 4 is 17.6 Å². The minimum Gasteiger partial charge on any atom is -0.331 e. The van der Waals surface area contributed by atoms with Crippen molar-refractivity contribution in [3.8, 4) is 0 Å². The summed E-state index contributed by atoms with van der Waals surface area (Å²) in [6.07, 6.45) is 1.70. The summed E-state index contributed by atoms with van der Waals surface area (Å²) in [5, 5.41) is 6.15. The Kier molecular flexibility index (Phi) is 7.63. The number of para-hydroxylation sites is 1. The van der Waals surface area contributed by atoms with E-state index in [-0.39, 0.29) is 29.8 Å². The summed E-state index contributed by atoms with van der Waals surface area (Å²) in [5.74, 6) is -0.235. The van der Waals surface area contributed by atoms with Crippen LogP contribution in [0.15, 0.2) is 84.9 Å². The van der Waals surface area contributed by atoms with Gasteiger partial charge in [0.05, 0.1) is 12.0 Å². The number of hydrogen-bond acceptors (Lipinski definition) is 2. The maximum Gasteiger partial charge on any atom is 0.317 e. The van der Waals surface area contributed by atoms with Gasteiger partial charge in [-0.05, 0) is 48.6 Å². The average Bonchev–Trinajstić information content (AvgIpc) is 2.89. The normalized spacial score (nSPS) is 18.7. The molecule has 5 heteroatoms. The van der Waals surface area contributed by atoms with Gasteiger partial charge < -0.3 is 15.5 Å². The molecule has 176 valence electrons.